The number of aromatic nitrogens is 2. The van der Waals surface area contributed by atoms with Crippen LogP contribution in [-0.4, -0.2) is 33.0 Å². The Morgan fingerprint density at radius 1 is 1.23 bits per heavy atom. The van der Waals surface area contributed by atoms with E-state index in [1.807, 2.05) is 43.1 Å². The first kappa shape index (κ1) is 15.4. The molecular weight excluding hydrogens is 278 g/mol. The van der Waals surface area contributed by atoms with E-state index in [2.05, 4.69) is 16.5 Å². The molecule has 5 heteroatoms. The molecule has 0 saturated carbocycles. The maximum absolute atomic E-state index is 11.1. The van der Waals surface area contributed by atoms with Crippen LogP contribution in [0.3, 0.4) is 0 Å². The van der Waals surface area contributed by atoms with Gasteiger partial charge < -0.3 is 10.0 Å². The molecule has 5 nitrogen and oxygen atoms in total. The summed E-state index contributed by atoms with van der Waals surface area (Å²) in [5.74, 6) is -0.991. The predicted molar refractivity (Wildman–Crippen MR) is 85.9 cm³/mol. The number of carboxylic acids is 1. The maximum Gasteiger partial charge on any atom is 0.335 e. The summed E-state index contributed by atoms with van der Waals surface area (Å²) in [6.45, 7) is 5.93. The van der Waals surface area contributed by atoms with Crippen molar-refractivity contribution in [2.75, 3.05) is 7.05 Å². The fourth-order valence-corrected chi connectivity index (χ4v) is 2.07. The maximum atomic E-state index is 11.1. The van der Waals surface area contributed by atoms with E-state index in [-0.39, 0.29) is 5.56 Å². The van der Waals surface area contributed by atoms with Crippen molar-refractivity contribution in [2.24, 2.45) is 0 Å². The summed E-state index contributed by atoms with van der Waals surface area (Å²) in [5.41, 5.74) is 2.97. The fraction of sp³-hybridized carbons (Fsp3) is 0.118. The molecule has 0 aliphatic carbocycles. The third-order valence-corrected chi connectivity index (χ3v) is 3.27. The van der Waals surface area contributed by atoms with Crippen molar-refractivity contribution < 1.29 is 9.90 Å². The van der Waals surface area contributed by atoms with Gasteiger partial charge in [0.25, 0.3) is 0 Å². The summed E-state index contributed by atoms with van der Waals surface area (Å²) < 4.78 is 0. The topological polar surface area (TPSA) is 66.3 Å². The lowest BCUT2D eigenvalue weighted by molar-refractivity contribution is 0.0696. The molecule has 0 fully saturated rings. The van der Waals surface area contributed by atoms with Crippen molar-refractivity contribution in [1.29, 1.82) is 0 Å². The molecule has 112 valence electrons. The number of pyridine rings is 2. The average Bonchev–Trinajstić information content (AvgIpc) is 2.55. The van der Waals surface area contributed by atoms with Crippen LogP contribution < -0.4 is 0 Å². The Morgan fingerprint density at radius 2 is 1.95 bits per heavy atom. The highest BCUT2D eigenvalue weighted by Gasteiger charge is 2.14. The second-order valence-electron chi connectivity index (χ2n) is 4.63. The number of hydrogen-bond acceptors (Lipinski definition) is 4. The van der Waals surface area contributed by atoms with Gasteiger partial charge in [-0.2, -0.15) is 0 Å². The Labute approximate surface area is 129 Å². The van der Waals surface area contributed by atoms with E-state index in [4.69, 9.17) is 5.11 Å². The predicted octanol–water partition coefficient (Wildman–Crippen LogP) is 3.14. The molecule has 0 unspecified atom stereocenters. The van der Waals surface area contributed by atoms with Gasteiger partial charge in [-0.05, 0) is 31.2 Å². The minimum Gasteiger partial charge on any atom is -0.478 e. The van der Waals surface area contributed by atoms with Crippen LogP contribution in [0.25, 0.3) is 11.4 Å². The number of nitrogens with zero attached hydrogens (tertiary/aromatic N) is 3. The van der Waals surface area contributed by atoms with Crippen LogP contribution >= 0.6 is 0 Å². The zero-order valence-corrected chi connectivity index (χ0v) is 12.5. The summed E-state index contributed by atoms with van der Waals surface area (Å²) in [6, 6.07) is 8.62. The van der Waals surface area contributed by atoms with Crippen LogP contribution in [0.5, 0.6) is 0 Å². The van der Waals surface area contributed by atoms with Crippen molar-refractivity contribution in [3.05, 3.63) is 72.3 Å². The molecule has 0 spiro atoms. The third-order valence-electron chi connectivity index (χ3n) is 3.27. The normalized spacial score (nSPS) is 11.1. The van der Waals surface area contributed by atoms with Crippen molar-refractivity contribution in [3.8, 4) is 0 Å². The molecule has 22 heavy (non-hydrogen) atoms. The van der Waals surface area contributed by atoms with E-state index in [1.165, 1.54) is 18.3 Å². The van der Waals surface area contributed by atoms with Crippen LogP contribution in [-0.2, 0) is 0 Å². The van der Waals surface area contributed by atoms with Gasteiger partial charge in [0.1, 0.15) is 0 Å². The third kappa shape index (κ3) is 3.20. The van der Waals surface area contributed by atoms with Crippen LogP contribution in [0.4, 0.5) is 0 Å². The van der Waals surface area contributed by atoms with Crippen LogP contribution in [0.1, 0.15) is 28.7 Å². The summed E-state index contributed by atoms with van der Waals surface area (Å²) in [7, 11) is 1.85. The molecule has 0 aliphatic heterocycles. The SMILES string of the molecule is C=C(c1cc(C(=O)O)ccn1)N(C)/C(=C\C)c1ccccn1. The number of carbonyl (C=O) groups is 1. The highest BCUT2D eigenvalue weighted by molar-refractivity contribution is 5.88. The zero-order chi connectivity index (χ0) is 16.1. The Hall–Kier alpha value is -2.95. The highest BCUT2D eigenvalue weighted by atomic mass is 16.4. The van der Waals surface area contributed by atoms with Crippen LogP contribution in [0, 0.1) is 0 Å². The van der Waals surface area contributed by atoms with E-state index < -0.39 is 5.97 Å². The Morgan fingerprint density at radius 3 is 2.55 bits per heavy atom. The molecule has 2 aromatic heterocycles. The number of hydrogen-bond donors (Lipinski definition) is 1. The summed E-state index contributed by atoms with van der Waals surface area (Å²) in [6.07, 6.45) is 5.11. The molecular formula is C17H17N3O2. The van der Waals surface area contributed by atoms with Gasteiger partial charge in [-0.15, -0.1) is 0 Å². The van der Waals surface area contributed by atoms with Gasteiger partial charge >= 0.3 is 5.97 Å². The minimum absolute atomic E-state index is 0.180. The molecule has 0 bridgehead atoms. The smallest absolute Gasteiger partial charge is 0.335 e. The fourth-order valence-electron chi connectivity index (χ4n) is 2.07. The van der Waals surface area contributed by atoms with Crippen molar-refractivity contribution >= 4 is 17.4 Å². The number of aromatic carboxylic acids is 1. The first-order valence-electron chi connectivity index (χ1n) is 6.74. The van der Waals surface area contributed by atoms with E-state index >= 15 is 0 Å². The minimum atomic E-state index is -0.991. The second kappa shape index (κ2) is 6.67. The molecule has 0 aliphatic rings. The zero-order valence-electron chi connectivity index (χ0n) is 12.5. The van der Waals surface area contributed by atoms with E-state index in [0.717, 1.165) is 11.4 Å². The quantitative estimate of drug-likeness (QED) is 0.918. The van der Waals surface area contributed by atoms with Crippen LogP contribution in [0.15, 0.2) is 55.4 Å². The second-order valence-corrected chi connectivity index (χ2v) is 4.63. The lowest BCUT2D eigenvalue weighted by Gasteiger charge is -2.24. The molecule has 0 atom stereocenters. The molecule has 2 rings (SSSR count). The first-order chi connectivity index (χ1) is 10.5. The van der Waals surface area contributed by atoms with Gasteiger partial charge in [0.05, 0.1) is 28.3 Å². The molecule has 2 aromatic rings. The van der Waals surface area contributed by atoms with Crippen LogP contribution in [0.2, 0.25) is 0 Å². The Balaban J connectivity index is 2.32. The highest BCUT2D eigenvalue weighted by Crippen LogP contribution is 2.24. The first-order valence-corrected chi connectivity index (χ1v) is 6.74. The largest absolute Gasteiger partial charge is 0.478 e. The number of carboxylic acid groups (broad SMARTS) is 1. The van der Waals surface area contributed by atoms with E-state index in [9.17, 15) is 4.79 Å². The van der Waals surface area contributed by atoms with Crippen molar-refractivity contribution in [1.82, 2.24) is 14.9 Å². The lowest BCUT2D eigenvalue weighted by atomic mass is 10.1. The standard InChI is InChI=1S/C17H17N3O2/c1-4-16(14-7-5-6-9-18-14)20(3)12(2)15-11-13(17(21)22)8-10-19-15/h4-11H,2H2,1,3H3,(H,21,22)/b16-4-. The van der Waals surface area contributed by atoms with E-state index in [1.54, 1.807) is 6.20 Å². The number of allylic oxidation sites excluding steroid dienone is 1. The van der Waals surface area contributed by atoms with Gasteiger partial charge in [-0.3, -0.25) is 9.97 Å². The summed E-state index contributed by atoms with van der Waals surface area (Å²) in [5, 5.41) is 9.07. The summed E-state index contributed by atoms with van der Waals surface area (Å²) >= 11 is 0. The van der Waals surface area contributed by atoms with Gasteiger partial charge in [0.2, 0.25) is 0 Å². The van der Waals surface area contributed by atoms with Gasteiger partial charge in [-0.1, -0.05) is 18.7 Å². The number of rotatable bonds is 5. The van der Waals surface area contributed by atoms with Gasteiger partial charge in [-0.25, -0.2) is 4.79 Å². The van der Waals surface area contributed by atoms with Gasteiger partial charge in [0.15, 0.2) is 0 Å². The molecule has 0 aromatic carbocycles. The molecule has 0 saturated heterocycles. The molecule has 0 radical (unpaired) electrons. The lowest BCUT2D eigenvalue weighted by Crippen LogP contribution is -2.16. The molecule has 2 heterocycles. The van der Waals surface area contributed by atoms with Crippen molar-refractivity contribution in [2.45, 2.75) is 6.92 Å². The Kier molecular flexibility index (Phi) is 4.68. The summed E-state index contributed by atoms with van der Waals surface area (Å²) in [4.78, 5) is 21.4. The monoisotopic (exact) mass is 295 g/mol. The average molecular weight is 295 g/mol. The van der Waals surface area contributed by atoms with Crippen molar-refractivity contribution in [3.63, 3.8) is 0 Å². The van der Waals surface area contributed by atoms with E-state index in [0.29, 0.717) is 11.4 Å². The molecule has 0 amide bonds. The molecule has 1 N–H and O–H groups in total. The van der Waals surface area contributed by atoms with Gasteiger partial charge in [0, 0.05) is 19.4 Å². The Bertz CT molecular complexity index is 724.